The summed E-state index contributed by atoms with van der Waals surface area (Å²) in [6.07, 6.45) is 13.4. The van der Waals surface area contributed by atoms with Crippen LogP contribution in [0.4, 0.5) is 4.79 Å². The Hall–Kier alpha value is -1.86. The van der Waals surface area contributed by atoms with E-state index in [2.05, 4.69) is 10.6 Å². The van der Waals surface area contributed by atoms with E-state index < -0.39 is 30.8 Å². The van der Waals surface area contributed by atoms with Crippen molar-refractivity contribution in [3.05, 3.63) is 12.2 Å². The third-order valence-corrected chi connectivity index (χ3v) is 11.1. The van der Waals surface area contributed by atoms with Crippen molar-refractivity contribution in [2.24, 2.45) is 5.92 Å². The highest BCUT2D eigenvalue weighted by atomic mass is 31.2. The Morgan fingerprint density at radius 2 is 1.92 bits per heavy atom. The Bertz CT molecular complexity index is 904. The van der Waals surface area contributed by atoms with Gasteiger partial charge in [-0.2, -0.15) is 0 Å². The molecule has 0 aromatic carbocycles. The fourth-order valence-electron chi connectivity index (χ4n) is 6.08. The molecular formula is C26H42N3O6P. The molecule has 1 unspecified atom stereocenters. The maximum Gasteiger partial charge on any atom is 0.408 e. The number of carbonyl (C=O) groups is 3. The van der Waals surface area contributed by atoms with Crippen LogP contribution in [0.2, 0.25) is 0 Å². The van der Waals surface area contributed by atoms with E-state index in [1.165, 1.54) is 0 Å². The normalized spacial score (nSPS) is 34.4. The van der Waals surface area contributed by atoms with Gasteiger partial charge in [-0.05, 0) is 70.6 Å². The second kappa shape index (κ2) is 11.7. The number of carbonyl (C=O) groups excluding carboxylic acids is 3. The van der Waals surface area contributed by atoms with E-state index in [-0.39, 0.29) is 30.0 Å². The zero-order chi connectivity index (χ0) is 25.8. The molecule has 2 heterocycles. The summed E-state index contributed by atoms with van der Waals surface area (Å²) in [7, 11) is -3.63. The van der Waals surface area contributed by atoms with Crippen LogP contribution in [-0.2, 0) is 18.9 Å². The van der Waals surface area contributed by atoms with Crippen molar-refractivity contribution >= 4 is 25.3 Å². The van der Waals surface area contributed by atoms with Gasteiger partial charge in [0.1, 0.15) is 23.5 Å². The number of hydrogen-bond acceptors (Lipinski definition) is 5. The number of amides is 3. The molecule has 0 bridgehead atoms. The molecule has 0 aromatic heterocycles. The van der Waals surface area contributed by atoms with Crippen LogP contribution >= 0.6 is 7.37 Å². The van der Waals surface area contributed by atoms with Gasteiger partial charge in [0.05, 0.1) is 0 Å². The molecule has 5 atom stereocenters. The molecular weight excluding hydrogens is 481 g/mol. The molecule has 2 aliphatic heterocycles. The van der Waals surface area contributed by atoms with Crippen LogP contribution in [0.3, 0.4) is 0 Å². The molecule has 3 fully saturated rings. The predicted molar refractivity (Wildman–Crippen MR) is 137 cm³/mol. The molecule has 0 aromatic rings. The van der Waals surface area contributed by atoms with Crippen molar-refractivity contribution in [3.63, 3.8) is 0 Å². The zero-order valence-corrected chi connectivity index (χ0v) is 22.3. The van der Waals surface area contributed by atoms with Crippen LogP contribution in [0.5, 0.6) is 0 Å². The minimum absolute atomic E-state index is 0.0977. The van der Waals surface area contributed by atoms with Gasteiger partial charge in [0.25, 0.3) is 0 Å². The lowest BCUT2D eigenvalue weighted by Crippen LogP contribution is -2.55. The molecule has 0 radical (unpaired) electrons. The molecule has 10 heteroatoms. The summed E-state index contributed by atoms with van der Waals surface area (Å²) in [5.41, 5.74) is 0. The van der Waals surface area contributed by atoms with Gasteiger partial charge in [-0.1, -0.05) is 31.9 Å². The molecule has 36 heavy (non-hydrogen) atoms. The third-order valence-electron chi connectivity index (χ3n) is 8.21. The molecule has 3 amide bonds. The predicted octanol–water partition coefficient (Wildman–Crippen LogP) is 4.05. The number of rotatable bonds is 5. The first-order valence-corrected chi connectivity index (χ1v) is 15.7. The quantitative estimate of drug-likeness (QED) is 0.369. The molecule has 1 saturated heterocycles. The summed E-state index contributed by atoms with van der Waals surface area (Å²) in [4.78, 5) is 52.2. The average Bonchev–Trinajstić information content (AvgIpc) is 3.19. The van der Waals surface area contributed by atoms with Crippen LogP contribution in [0.1, 0.15) is 90.4 Å². The fraction of sp³-hybridized carbons (Fsp3) is 0.808. The van der Waals surface area contributed by atoms with E-state index in [4.69, 9.17) is 4.74 Å². The smallest absolute Gasteiger partial charge is 0.408 e. The minimum atomic E-state index is -3.63. The van der Waals surface area contributed by atoms with Gasteiger partial charge in [-0.25, -0.2) is 4.79 Å². The number of nitrogens with one attached hydrogen (secondary N) is 2. The van der Waals surface area contributed by atoms with E-state index in [0.29, 0.717) is 38.6 Å². The summed E-state index contributed by atoms with van der Waals surface area (Å²) in [6, 6.07) is -1.46. The van der Waals surface area contributed by atoms with Gasteiger partial charge in [0, 0.05) is 18.6 Å². The summed E-state index contributed by atoms with van der Waals surface area (Å²) >= 11 is 0. The maximum atomic E-state index is 13.6. The van der Waals surface area contributed by atoms with Crippen LogP contribution in [0.25, 0.3) is 0 Å². The van der Waals surface area contributed by atoms with Crippen molar-refractivity contribution in [1.82, 2.24) is 15.5 Å². The highest BCUT2D eigenvalue weighted by Crippen LogP contribution is 2.69. The monoisotopic (exact) mass is 523 g/mol. The van der Waals surface area contributed by atoms with E-state index in [1.807, 2.05) is 19.1 Å². The molecule has 4 aliphatic rings. The maximum absolute atomic E-state index is 13.6. The first-order valence-electron chi connectivity index (χ1n) is 13.9. The van der Waals surface area contributed by atoms with Gasteiger partial charge < -0.3 is 25.2 Å². The molecule has 2 aliphatic carbocycles. The molecule has 0 spiro atoms. The number of nitrogens with zero attached hydrogens (tertiary/aromatic N) is 1. The standard InChI is InChI=1S/C26H42N3O6P/c1-2-17-36(33,34)26-18-19(26)11-6-4-3-5-7-14-21(27-25(32)35-20-12-8-9-13-20)24(31)29-16-10-15-22(29)23(30)28-26/h6,11,19-22H,2-5,7-10,12-18H2,1H3,(H,27,32)(H,28,30)(H,33,34)/b11-6-/t19-,21+,22+,26+/m1/s1. The average molecular weight is 524 g/mol. The van der Waals surface area contributed by atoms with Gasteiger partial charge in [-0.15, -0.1) is 0 Å². The van der Waals surface area contributed by atoms with E-state index in [1.54, 1.807) is 4.90 Å². The van der Waals surface area contributed by atoms with Crippen molar-refractivity contribution in [3.8, 4) is 0 Å². The lowest BCUT2D eigenvalue weighted by molar-refractivity contribution is -0.140. The van der Waals surface area contributed by atoms with Crippen molar-refractivity contribution in [1.29, 1.82) is 0 Å². The lowest BCUT2D eigenvalue weighted by Gasteiger charge is -2.31. The highest BCUT2D eigenvalue weighted by Gasteiger charge is 2.65. The van der Waals surface area contributed by atoms with Crippen LogP contribution in [-0.4, -0.2) is 63.9 Å². The highest BCUT2D eigenvalue weighted by molar-refractivity contribution is 7.60. The van der Waals surface area contributed by atoms with Gasteiger partial charge in [-0.3, -0.25) is 14.2 Å². The number of allylic oxidation sites excluding steroid dienone is 1. The van der Waals surface area contributed by atoms with E-state index in [0.717, 1.165) is 51.4 Å². The van der Waals surface area contributed by atoms with E-state index in [9.17, 15) is 23.8 Å². The Morgan fingerprint density at radius 3 is 2.67 bits per heavy atom. The zero-order valence-electron chi connectivity index (χ0n) is 21.5. The number of ether oxygens (including phenoxy) is 1. The summed E-state index contributed by atoms with van der Waals surface area (Å²) < 4.78 is 18.9. The summed E-state index contributed by atoms with van der Waals surface area (Å²) in [5, 5.41) is 4.60. The fourth-order valence-corrected chi connectivity index (χ4v) is 8.45. The molecule has 202 valence electrons. The number of fused-ring (bicyclic) bond motifs is 2. The van der Waals surface area contributed by atoms with Gasteiger partial charge in [0.2, 0.25) is 19.2 Å². The first kappa shape index (κ1) is 27.2. The molecule has 3 N–H and O–H groups in total. The third kappa shape index (κ3) is 5.99. The second-order valence-electron chi connectivity index (χ2n) is 10.9. The summed E-state index contributed by atoms with van der Waals surface area (Å²) in [5.74, 6) is -0.810. The van der Waals surface area contributed by atoms with Gasteiger partial charge >= 0.3 is 6.09 Å². The second-order valence-corrected chi connectivity index (χ2v) is 13.6. The Morgan fingerprint density at radius 1 is 1.17 bits per heavy atom. The minimum Gasteiger partial charge on any atom is -0.446 e. The van der Waals surface area contributed by atoms with Crippen LogP contribution in [0, 0.1) is 5.92 Å². The molecule has 9 nitrogen and oxygen atoms in total. The Balaban J connectivity index is 1.52. The SMILES string of the molecule is CCCP(=O)(O)[C@@]12C[C@H]1/C=C\CCCCC[C@H](NC(=O)OC1CCCC1)C(=O)N1CCC[C@H]1C(=O)N2. The Labute approximate surface area is 214 Å². The van der Waals surface area contributed by atoms with Crippen molar-refractivity contribution in [2.45, 2.75) is 114 Å². The van der Waals surface area contributed by atoms with E-state index >= 15 is 0 Å². The van der Waals surface area contributed by atoms with Gasteiger partial charge in [0.15, 0.2) is 0 Å². The van der Waals surface area contributed by atoms with Crippen molar-refractivity contribution < 1.29 is 28.6 Å². The largest absolute Gasteiger partial charge is 0.446 e. The van der Waals surface area contributed by atoms with Crippen molar-refractivity contribution in [2.75, 3.05) is 12.7 Å². The number of hydrogen-bond donors (Lipinski definition) is 3. The molecule has 4 rings (SSSR count). The first-order chi connectivity index (χ1) is 17.3. The topological polar surface area (TPSA) is 125 Å². The lowest BCUT2D eigenvalue weighted by atomic mass is 10.1. The summed E-state index contributed by atoms with van der Waals surface area (Å²) in [6.45, 7) is 2.29. The Kier molecular flexibility index (Phi) is 8.82. The van der Waals surface area contributed by atoms with Crippen LogP contribution < -0.4 is 10.6 Å². The number of alkyl carbamates (subject to hydrolysis) is 1. The van der Waals surface area contributed by atoms with Crippen LogP contribution in [0.15, 0.2) is 12.2 Å². The molecule has 2 saturated carbocycles.